The second-order valence-corrected chi connectivity index (χ2v) is 7.04. The van der Waals surface area contributed by atoms with Gasteiger partial charge in [-0.1, -0.05) is 56.3 Å². The van der Waals surface area contributed by atoms with Crippen molar-refractivity contribution in [1.29, 1.82) is 0 Å². The van der Waals surface area contributed by atoms with Crippen molar-refractivity contribution in [2.75, 3.05) is 0 Å². The molecule has 3 aromatic rings. The molecule has 0 N–H and O–H groups in total. The van der Waals surface area contributed by atoms with Gasteiger partial charge in [-0.2, -0.15) is 0 Å². The number of fused-ring (bicyclic) bond motifs is 1. The largest absolute Gasteiger partial charge is 0.464 e. The zero-order valence-corrected chi connectivity index (χ0v) is 15.2. The molecule has 0 saturated heterocycles. The fourth-order valence-corrected chi connectivity index (χ4v) is 3.50. The summed E-state index contributed by atoms with van der Waals surface area (Å²) in [5.74, 6) is 0.136. The van der Waals surface area contributed by atoms with E-state index in [0.29, 0.717) is 5.75 Å². The Labute approximate surface area is 157 Å². The minimum Gasteiger partial charge on any atom is -0.464 e. The molecule has 4 heteroatoms. The molecule has 27 heavy (non-hydrogen) atoms. The van der Waals surface area contributed by atoms with Crippen LogP contribution in [0.3, 0.4) is 0 Å². The summed E-state index contributed by atoms with van der Waals surface area (Å²) in [5.41, 5.74) is 1.31. The maximum Gasteiger partial charge on any atom is 0.203 e. The molecular formula is C23H20F2O2. The van der Waals surface area contributed by atoms with E-state index in [-0.39, 0.29) is 17.6 Å². The summed E-state index contributed by atoms with van der Waals surface area (Å²) in [5, 5.41) is 0. The quantitative estimate of drug-likeness (QED) is 0.596. The minimum absolute atomic E-state index is 0.0821. The molecule has 0 aromatic heterocycles. The Hall–Kier alpha value is -2.72. The van der Waals surface area contributed by atoms with E-state index in [0.717, 1.165) is 16.7 Å². The molecule has 0 radical (unpaired) electrons. The Balaban J connectivity index is 2.02. The van der Waals surface area contributed by atoms with Gasteiger partial charge in [-0.05, 0) is 41.5 Å². The van der Waals surface area contributed by atoms with E-state index in [9.17, 15) is 8.78 Å². The SMILES string of the molecule is CC(C)C1Oc2ccccc2C(c2ccc(F)cc2)(c2ccc(F)cc2)O1. The second-order valence-electron chi connectivity index (χ2n) is 7.04. The van der Waals surface area contributed by atoms with Gasteiger partial charge in [0.25, 0.3) is 0 Å². The highest BCUT2D eigenvalue weighted by Crippen LogP contribution is 2.49. The first-order chi connectivity index (χ1) is 13.0. The van der Waals surface area contributed by atoms with Gasteiger partial charge in [-0.25, -0.2) is 8.78 Å². The number of para-hydroxylation sites is 1. The lowest BCUT2D eigenvalue weighted by Gasteiger charge is -2.44. The van der Waals surface area contributed by atoms with Crippen LogP contribution in [0, 0.1) is 17.6 Å². The maximum absolute atomic E-state index is 13.6. The summed E-state index contributed by atoms with van der Waals surface area (Å²) in [6.45, 7) is 4.03. The first-order valence-corrected chi connectivity index (χ1v) is 8.97. The van der Waals surface area contributed by atoms with E-state index in [1.165, 1.54) is 24.3 Å². The summed E-state index contributed by atoms with van der Waals surface area (Å²) in [6.07, 6.45) is -0.505. The van der Waals surface area contributed by atoms with Crippen molar-refractivity contribution in [3.63, 3.8) is 0 Å². The zero-order valence-electron chi connectivity index (χ0n) is 15.2. The van der Waals surface area contributed by atoms with Crippen molar-refractivity contribution < 1.29 is 18.3 Å². The molecule has 3 aromatic carbocycles. The average Bonchev–Trinajstić information content (AvgIpc) is 2.68. The molecule has 0 aliphatic carbocycles. The van der Waals surface area contributed by atoms with Crippen LogP contribution >= 0.6 is 0 Å². The van der Waals surface area contributed by atoms with Crippen LogP contribution in [0.5, 0.6) is 5.75 Å². The van der Waals surface area contributed by atoms with Crippen LogP contribution in [-0.2, 0) is 10.3 Å². The van der Waals surface area contributed by atoms with Gasteiger partial charge in [0.15, 0.2) is 5.60 Å². The fraction of sp³-hybridized carbons (Fsp3) is 0.217. The first kappa shape index (κ1) is 17.7. The van der Waals surface area contributed by atoms with E-state index >= 15 is 0 Å². The average molecular weight is 366 g/mol. The molecule has 1 aliphatic heterocycles. The van der Waals surface area contributed by atoms with Gasteiger partial charge in [-0.15, -0.1) is 0 Å². The lowest BCUT2D eigenvalue weighted by atomic mass is 9.78. The highest BCUT2D eigenvalue weighted by atomic mass is 19.1. The molecule has 0 saturated carbocycles. The molecule has 138 valence electrons. The predicted octanol–water partition coefficient (Wildman–Crippen LogP) is 5.65. The molecule has 0 fully saturated rings. The molecule has 1 aliphatic rings. The fourth-order valence-electron chi connectivity index (χ4n) is 3.50. The number of rotatable bonds is 3. The van der Waals surface area contributed by atoms with Crippen molar-refractivity contribution in [2.45, 2.75) is 25.7 Å². The van der Waals surface area contributed by atoms with Gasteiger partial charge in [0.05, 0.1) is 0 Å². The van der Waals surface area contributed by atoms with Crippen LogP contribution in [0.1, 0.15) is 30.5 Å². The van der Waals surface area contributed by atoms with Crippen LogP contribution in [-0.4, -0.2) is 6.29 Å². The van der Waals surface area contributed by atoms with Crippen molar-refractivity contribution >= 4 is 0 Å². The highest BCUT2D eigenvalue weighted by molar-refractivity contribution is 5.54. The monoisotopic (exact) mass is 366 g/mol. The smallest absolute Gasteiger partial charge is 0.203 e. The van der Waals surface area contributed by atoms with Crippen LogP contribution in [0.15, 0.2) is 72.8 Å². The van der Waals surface area contributed by atoms with Gasteiger partial charge in [-0.3, -0.25) is 0 Å². The number of benzene rings is 3. The van der Waals surface area contributed by atoms with Crippen molar-refractivity contribution in [3.05, 3.63) is 101 Å². The summed E-state index contributed by atoms with van der Waals surface area (Å²) < 4.78 is 39.9. The topological polar surface area (TPSA) is 18.5 Å². The number of halogens is 2. The highest BCUT2D eigenvalue weighted by Gasteiger charge is 2.46. The minimum atomic E-state index is -1.02. The van der Waals surface area contributed by atoms with Crippen molar-refractivity contribution in [3.8, 4) is 5.75 Å². The molecule has 1 heterocycles. The van der Waals surface area contributed by atoms with Crippen molar-refractivity contribution in [1.82, 2.24) is 0 Å². The lowest BCUT2D eigenvalue weighted by Crippen LogP contribution is -2.45. The Bertz CT molecular complexity index is 888. The van der Waals surface area contributed by atoms with Gasteiger partial charge in [0.1, 0.15) is 17.4 Å². The molecule has 2 nitrogen and oxygen atoms in total. The van der Waals surface area contributed by atoms with Gasteiger partial charge < -0.3 is 9.47 Å². The first-order valence-electron chi connectivity index (χ1n) is 8.97. The Morgan fingerprint density at radius 1 is 0.778 bits per heavy atom. The summed E-state index contributed by atoms with van der Waals surface area (Å²) in [7, 11) is 0. The maximum atomic E-state index is 13.6. The molecule has 0 spiro atoms. The summed E-state index contributed by atoms with van der Waals surface area (Å²) in [4.78, 5) is 0. The van der Waals surface area contributed by atoms with Crippen LogP contribution in [0.2, 0.25) is 0 Å². The van der Waals surface area contributed by atoms with Gasteiger partial charge in [0, 0.05) is 11.5 Å². The number of ether oxygens (including phenoxy) is 2. The summed E-state index contributed by atoms with van der Waals surface area (Å²) >= 11 is 0. The Morgan fingerprint density at radius 3 is 1.81 bits per heavy atom. The van der Waals surface area contributed by atoms with Crippen LogP contribution in [0.25, 0.3) is 0 Å². The van der Waals surface area contributed by atoms with E-state index in [2.05, 4.69) is 0 Å². The molecule has 1 atom stereocenters. The predicted molar refractivity (Wildman–Crippen MR) is 99.5 cm³/mol. The van der Waals surface area contributed by atoms with E-state index < -0.39 is 11.9 Å². The van der Waals surface area contributed by atoms with E-state index in [4.69, 9.17) is 9.47 Å². The molecule has 4 rings (SSSR count). The standard InChI is InChI=1S/C23H20F2O2/c1-15(2)22-26-21-6-4-3-5-20(21)23(27-22,16-7-11-18(24)12-8-16)17-9-13-19(25)14-10-17/h3-15,22H,1-2H3. The number of hydrogen-bond acceptors (Lipinski definition) is 2. The molecule has 1 unspecified atom stereocenters. The van der Waals surface area contributed by atoms with Crippen molar-refractivity contribution in [2.24, 2.45) is 5.92 Å². The molecular weight excluding hydrogens is 346 g/mol. The Morgan fingerprint density at radius 2 is 1.30 bits per heavy atom. The molecule has 0 amide bonds. The third-order valence-electron chi connectivity index (χ3n) is 4.85. The second kappa shape index (κ2) is 6.78. The normalized spacial score (nSPS) is 18.0. The van der Waals surface area contributed by atoms with Crippen LogP contribution < -0.4 is 4.74 Å². The third kappa shape index (κ3) is 3.00. The van der Waals surface area contributed by atoms with Crippen LogP contribution in [0.4, 0.5) is 8.78 Å². The molecule has 0 bridgehead atoms. The van der Waals surface area contributed by atoms with E-state index in [1.807, 2.05) is 38.1 Å². The zero-order chi connectivity index (χ0) is 19.0. The Kier molecular flexibility index (Phi) is 4.44. The lowest BCUT2D eigenvalue weighted by molar-refractivity contribution is -0.183. The van der Waals surface area contributed by atoms with E-state index in [1.54, 1.807) is 24.3 Å². The summed E-state index contributed by atoms with van der Waals surface area (Å²) in [6, 6.07) is 20.1. The third-order valence-corrected chi connectivity index (χ3v) is 4.85. The van der Waals surface area contributed by atoms with Gasteiger partial charge in [0.2, 0.25) is 6.29 Å². The number of hydrogen-bond donors (Lipinski definition) is 0. The van der Waals surface area contributed by atoms with Gasteiger partial charge >= 0.3 is 0 Å².